The Morgan fingerprint density at radius 2 is 2.11 bits per heavy atom. The molecule has 5 nitrogen and oxygen atoms in total. The molecule has 1 aromatic rings. The second-order valence-electron chi connectivity index (χ2n) is 3.50. The molecule has 3 N–H and O–H groups in total. The fourth-order valence-corrected chi connectivity index (χ4v) is 2.05. The quantitative estimate of drug-likeness (QED) is 0.673. The average molecular weight is 384 g/mol. The lowest BCUT2D eigenvalue weighted by Crippen LogP contribution is -2.41. The molecular weight excluding hydrogens is 372 g/mol. The summed E-state index contributed by atoms with van der Waals surface area (Å²) >= 11 is 7.74. The van der Waals surface area contributed by atoms with Crippen LogP contribution in [0.5, 0.6) is 0 Å². The molecule has 7 heteroatoms. The van der Waals surface area contributed by atoms with Crippen LogP contribution in [0.4, 0.5) is 0 Å². The molecule has 1 aromatic carbocycles. The van der Waals surface area contributed by atoms with Crippen LogP contribution in [0.15, 0.2) is 18.2 Å². The molecular formula is C11H11ClINO4. The molecule has 1 rings (SSSR count). The Morgan fingerprint density at radius 3 is 2.67 bits per heavy atom. The van der Waals surface area contributed by atoms with Gasteiger partial charge in [0.2, 0.25) is 0 Å². The summed E-state index contributed by atoms with van der Waals surface area (Å²) in [5.74, 6) is -1.71. The number of aliphatic hydroxyl groups is 1. The van der Waals surface area contributed by atoms with Gasteiger partial charge < -0.3 is 15.5 Å². The van der Waals surface area contributed by atoms with E-state index in [1.54, 1.807) is 12.1 Å². The molecule has 0 aliphatic heterocycles. The minimum Gasteiger partial charge on any atom is -0.480 e. The summed E-state index contributed by atoms with van der Waals surface area (Å²) in [6, 6.07) is 3.66. The standard InChI is InChI=1S/C11H11ClINO4/c12-6-1-2-8(13)7(5-6)10(16)14-9(3-4-15)11(17)18/h1-2,5,9,15H,3-4H2,(H,14,16)(H,17,18)/t9-/m0/s1. The number of hydrogen-bond donors (Lipinski definition) is 3. The number of hydrogen-bond acceptors (Lipinski definition) is 3. The molecule has 98 valence electrons. The number of carbonyl (C=O) groups excluding carboxylic acids is 1. The molecule has 0 aromatic heterocycles. The number of carboxylic acids is 1. The monoisotopic (exact) mass is 383 g/mol. The molecule has 0 bridgehead atoms. The van der Waals surface area contributed by atoms with Gasteiger partial charge in [-0.15, -0.1) is 0 Å². The Kier molecular flexibility index (Phi) is 5.83. The van der Waals surface area contributed by atoms with Gasteiger partial charge in [-0.25, -0.2) is 4.79 Å². The van der Waals surface area contributed by atoms with Crippen molar-refractivity contribution in [3.8, 4) is 0 Å². The van der Waals surface area contributed by atoms with Gasteiger partial charge in [0.25, 0.3) is 5.91 Å². The predicted molar refractivity (Wildman–Crippen MR) is 74.8 cm³/mol. The summed E-state index contributed by atoms with van der Waals surface area (Å²) in [5, 5.41) is 20.3. The topological polar surface area (TPSA) is 86.6 Å². The van der Waals surface area contributed by atoms with Crippen molar-refractivity contribution in [2.45, 2.75) is 12.5 Å². The van der Waals surface area contributed by atoms with Gasteiger partial charge in [-0.2, -0.15) is 0 Å². The maximum absolute atomic E-state index is 11.9. The van der Waals surface area contributed by atoms with Crippen LogP contribution in [-0.4, -0.2) is 34.7 Å². The first-order valence-corrected chi connectivity index (χ1v) is 6.51. The number of amides is 1. The molecule has 0 aliphatic rings. The van der Waals surface area contributed by atoms with E-state index in [2.05, 4.69) is 5.32 Å². The highest BCUT2D eigenvalue weighted by Crippen LogP contribution is 2.18. The Bertz CT molecular complexity index is 466. The minimum absolute atomic E-state index is 0.0434. The average Bonchev–Trinajstić information content (AvgIpc) is 2.31. The minimum atomic E-state index is -1.19. The number of halogens is 2. The van der Waals surface area contributed by atoms with Crippen molar-refractivity contribution >= 4 is 46.1 Å². The Morgan fingerprint density at radius 1 is 1.44 bits per heavy atom. The van der Waals surface area contributed by atoms with E-state index >= 15 is 0 Å². The lowest BCUT2D eigenvalue weighted by Gasteiger charge is -2.14. The van der Waals surface area contributed by atoms with Crippen LogP contribution in [0.3, 0.4) is 0 Å². The van der Waals surface area contributed by atoms with Gasteiger partial charge in [0.15, 0.2) is 0 Å². The highest BCUT2D eigenvalue weighted by Gasteiger charge is 2.21. The second-order valence-corrected chi connectivity index (χ2v) is 5.10. The van der Waals surface area contributed by atoms with Crippen molar-refractivity contribution in [1.82, 2.24) is 5.32 Å². The van der Waals surface area contributed by atoms with Gasteiger partial charge in [-0.1, -0.05) is 11.6 Å². The van der Waals surface area contributed by atoms with E-state index in [9.17, 15) is 9.59 Å². The van der Waals surface area contributed by atoms with Crippen LogP contribution in [-0.2, 0) is 4.79 Å². The molecule has 1 amide bonds. The molecule has 0 radical (unpaired) electrons. The lowest BCUT2D eigenvalue weighted by atomic mass is 10.1. The zero-order valence-electron chi connectivity index (χ0n) is 9.19. The normalized spacial score (nSPS) is 11.9. The van der Waals surface area contributed by atoms with Crippen molar-refractivity contribution in [3.05, 3.63) is 32.4 Å². The summed E-state index contributed by atoms with van der Waals surface area (Å²) in [6.45, 7) is -0.316. The smallest absolute Gasteiger partial charge is 0.326 e. The number of carboxylic acid groups (broad SMARTS) is 1. The first-order chi connectivity index (χ1) is 8.45. The summed E-state index contributed by atoms with van der Waals surface area (Å²) in [5.41, 5.74) is 0.312. The van der Waals surface area contributed by atoms with Crippen molar-refractivity contribution < 1.29 is 19.8 Å². The maximum atomic E-state index is 11.9. The fourth-order valence-electron chi connectivity index (χ4n) is 1.29. The van der Waals surface area contributed by atoms with Crippen molar-refractivity contribution in [2.24, 2.45) is 0 Å². The highest BCUT2D eigenvalue weighted by atomic mass is 127. The molecule has 0 aliphatic carbocycles. The predicted octanol–water partition coefficient (Wildman–Crippen LogP) is 1.51. The van der Waals surface area contributed by atoms with Crippen LogP contribution in [0, 0.1) is 3.57 Å². The van der Waals surface area contributed by atoms with E-state index in [-0.39, 0.29) is 13.0 Å². The van der Waals surface area contributed by atoms with Crippen LogP contribution in [0.2, 0.25) is 5.02 Å². The molecule has 0 heterocycles. The van der Waals surface area contributed by atoms with Gasteiger partial charge >= 0.3 is 5.97 Å². The Balaban J connectivity index is 2.86. The van der Waals surface area contributed by atoms with E-state index in [1.165, 1.54) is 6.07 Å². The zero-order valence-corrected chi connectivity index (χ0v) is 12.1. The number of rotatable bonds is 5. The number of aliphatic carboxylic acids is 1. The van der Waals surface area contributed by atoms with Gasteiger partial charge in [-0.05, 0) is 40.8 Å². The van der Waals surface area contributed by atoms with Gasteiger partial charge in [-0.3, -0.25) is 4.79 Å². The fraction of sp³-hybridized carbons (Fsp3) is 0.273. The second kappa shape index (κ2) is 6.91. The molecule has 18 heavy (non-hydrogen) atoms. The number of aliphatic hydroxyl groups excluding tert-OH is 1. The molecule has 0 saturated heterocycles. The summed E-state index contributed by atoms with van der Waals surface area (Å²) in [6.07, 6.45) is -0.0434. The molecule has 0 spiro atoms. The van der Waals surface area contributed by atoms with Crippen LogP contribution in [0.25, 0.3) is 0 Å². The third-order valence-corrected chi connectivity index (χ3v) is 3.37. The van der Waals surface area contributed by atoms with Crippen molar-refractivity contribution in [1.29, 1.82) is 0 Å². The van der Waals surface area contributed by atoms with Crippen LogP contribution in [0.1, 0.15) is 16.8 Å². The lowest BCUT2D eigenvalue weighted by molar-refractivity contribution is -0.139. The van der Waals surface area contributed by atoms with E-state index in [1.807, 2.05) is 22.6 Å². The first-order valence-electron chi connectivity index (χ1n) is 5.05. The molecule has 0 saturated carbocycles. The number of nitrogens with one attached hydrogen (secondary N) is 1. The highest BCUT2D eigenvalue weighted by molar-refractivity contribution is 14.1. The molecule has 1 atom stereocenters. The van der Waals surface area contributed by atoms with Crippen molar-refractivity contribution in [2.75, 3.05) is 6.61 Å². The molecule has 0 fully saturated rings. The zero-order chi connectivity index (χ0) is 13.7. The van der Waals surface area contributed by atoms with Crippen LogP contribution < -0.4 is 5.32 Å². The summed E-state index contributed by atoms with van der Waals surface area (Å²) < 4.78 is 0.669. The third-order valence-electron chi connectivity index (χ3n) is 2.19. The number of benzene rings is 1. The van der Waals surface area contributed by atoms with Gasteiger partial charge in [0, 0.05) is 21.6 Å². The summed E-state index contributed by atoms with van der Waals surface area (Å²) in [4.78, 5) is 22.7. The largest absolute Gasteiger partial charge is 0.480 e. The molecule has 0 unspecified atom stereocenters. The number of carbonyl (C=O) groups is 2. The van der Waals surface area contributed by atoms with E-state index in [0.717, 1.165) is 0 Å². The van der Waals surface area contributed by atoms with E-state index in [4.69, 9.17) is 21.8 Å². The summed E-state index contributed by atoms with van der Waals surface area (Å²) in [7, 11) is 0. The first kappa shape index (κ1) is 15.2. The van der Waals surface area contributed by atoms with Gasteiger partial charge in [0.1, 0.15) is 6.04 Å². The Hall–Kier alpha value is -0.860. The van der Waals surface area contributed by atoms with Crippen LogP contribution >= 0.6 is 34.2 Å². The maximum Gasteiger partial charge on any atom is 0.326 e. The van der Waals surface area contributed by atoms with E-state index in [0.29, 0.717) is 14.2 Å². The Labute approximate surface area is 122 Å². The SMILES string of the molecule is O=C(N[C@@H](CCO)C(=O)O)c1cc(Cl)ccc1I. The van der Waals surface area contributed by atoms with Gasteiger partial charge in [0.05, 0.1) is 5.56 Å². The van der Waals surface area contributed by atoms with E-state index < -0.39 is 17.9 Å². The third kappa shape index (κ3) is 4.11. The van der Waals surface area contributed by atoms with Crippen molar-refractivity contribution in [3.63, 3.8) is 0 Å².